The molecular weight excluding hydrogens is 416 g/mol. The maximum Gasteiger partial charge on any atom is 0.307 e. The van der Waals surface area contributed by atoms with Crippen LogP contribution in [-0.4, -0.2) is 57.4 Å². The number of piperidine rings is 2. The van der Waals surface area contributed by atoms with Crippen LogP contribution < -0.4 is 14.8 Å². The molecule has 1 unspecified atom stereocenters. The molecule has 3 heterocycles. The van der Waals surface area contributed by atoms with E-state index in [9.17, 15) is 4.79 Å². The molecular formula is C27H42N2O4. The Hall–Kier alpha value is -1.79. The van der Waals surface area contributed by atoms with E-state index in [1.165, 1.54) is 30.4 Å². The fourth-order valence-corrected chi connectivity index (χ4v) is 6.14. The zero-order chi connectivity index (χ0) is 23.4. The van der Waals surface area contributed by atoms with E-state index in [0.29, 0.717) is 36.8 Å². The van der Waals surface area contributed by atoms with Crippen LogP contribution in [0.4, 0.5) is 0 Å². The quantitative estimate of drug-likeness (QED) is 0.584. The molecule has 33 heavy (non-hydrogen) atoms. The smallest absolute Gasteiger partial charge is 0.307 e. The highest BCUT2D eigenvalue weighted by atomic mass is 16.5. The number of hydrogen-bond donors (Lipinski definition) is 1. The summed E-state index contributed by atoms with van der Waals surface area (Å²) in [7, 11) is 3.40. The number of benzene rings is 1. The second-order valence-corrected chi connectivity index (χ2v) is 10.6. The predicted octanol–water partition coefficient (Wildman–Crippen LogP) is 4.36. The average molecular weight is 459 g/mol. The van der Waals surface area contributed by atoms with Crippen molar-refractivity contribution in [2.75, 3.05) is 40.5 Å². The molecule has 3 aliphatic rings. The summed E-state index contributed by atoms with van der Waals surface area (Å²) in [5.74, 6) is 3.14. The molecule has 0 spiro atoms. The lowest BCUT2D eigenvalue weighted by Gasteiger charge is -2.47. The SMILES string of the molecule is COc1cc2c(cc1OC)[C@H]1C[C@@H](COC(=O)CC3CCCCN3)[C@H](CC(C)C)CN1CC2. The van der Waals surface area contributed by atoms with Crippen molar-refractivity contribution in [3.05, 3.63) is 23.3 Å². The first-order chi connectivity index (χ1) is 16.0. The Labute approximate surface area is 199 Å². The monoisotopic (exact) mass is 458 g/mol. The maximum absolute atomic E-state index is 12.6. The Morgan fingerprint density at radius 1 is 1.15 bits per heavy atom. The van der Waals surface area contributed by atoms with Crippen molar-refractivity contribution >= 4 is 5.97 Å². The summed E-state index contributed by atoms with van der Waals surface area (Å²) < 4.78 is 17.1. The normalized spacial score (nSPS) is 27.5. The van der Waals surface area contributed by atoms with E-state index in [2.05, 4.69) is 36.2 Å². The van der Waals surface area contributed by atoms with Gasteiger partial charge < -0.3 is 19.5 Å². The number of rotatable bonds is 8. The van der Waals surface area contributed by atoms with Crippen LogP contribution in [0, 0.1) is 17.8 Å². The molecule has 0 bridgehead atoms. The summed E-state index contributed by atoms with van der Waals surface area (Å²) in [6, 6.07) is 4.96. The molecule has 4 atom stereocenters. The Morgan fingerprint density at radius 2 is 1.94 bits per heavy atom. The number of methoxy groups -OCH3 is 2. The van der Waals surface area contributed by atoms with Gasteiger partial charge in [0.2, 0.25) is 0 Å². The van der Waals surface area contributed by atoms with Crippen LogP contribution in [0.3, 0.4) is 0 Å². The van der Waals surface area contributed by atoms with Gasteiger partial charge in [0.25, 0.3) is 0 Å². The van der Waals surface area contributed by atoms with Crippen LogP contribution in [0.2, 0.25) is 0 Å². The summed E-state index contributed by atoms with van der Waals surface area (Å²) in [6.45, 7) is 8.29. The largest absolute Gasteiger partial charge is 0.493 e. The summed E-state index contributed by atoms with van der Waals surface area (Å²) in [4.78, 5) is 15.3. The predicted molar refractivity (Wildman–Crippen MR) is 130 cm³/mol. The highest BCUT2D eigenvalue weighted by molar-refractivity contribution is 5.70. The summed E-state index contributed by atoms with van der Waals surface area (Å²) >= 11 is 0. The number of fused-ring (bicyclic) bond motifs is 3. The molecule has 4 rings (SSSR count). The molecule has 6 nitrogen and oxygen atoms in total. The molecule has 1 aromatic carbocycles. The van der Waals surface area contributed by atoms with Gasteiger partial charge in [-0.1, -0.05) is 20.3 Å². The van der Waals surface area contributed by atoms with Crippen LogP contribution >= 0.6 is 0 Å². The van der Waals surface area contributed by atoms with E-state index in [4.69, 9.17) is 14.2 Å². The summed E-state index contributed by atoms with van der Waals surface area (Å²) in [5.41, 5.74) is 2.71. The zero-order valence-corrected chi connectivity index (χ0v) is 20.9. The molecule has 0 aromatic heterocycles. The van der Waals surface area contributed by atoms with Gasteiger partial charge in [0, 0.05) is 25.2 Å². The van der Waals surface area contributed by atoms with E-state index < -0.39 is 0 Å². The number of ether oxygens (including phenoxy) is 3. The highest BCUT2D eigenvalue weighted by Crippen LogP contribution is 2.45. The van der Waals surface area contributed by atoms with E-state index in [1.807, 2.05) is 0 Å². The molecule has 0 radical (unpaired) electrons. The van der Waals surface area contributed by atoms with Crippen molar-refractivity contribution in [1.29, 1.82) is 0 Å². The number of hydrogen-bond acceptors (Lipinski definition) is 6. The standard InChI is InChI=1S/C27H42N2O4/c1-18(2)11-20-16-29-10-8-19-13-25(31-3)26(32-4)15-23(19)24(29)12-21(20)17-33-27(30)14-22-7-5-6-9-28-22/h13,15,18,20-22,24,28H,5-12,14,16-17H2,1-4H3/t20-,21+,22?,24-/m1/s1. The van der Waals surface area contributed by atoms with Gasteiger partial charge in [-0.3, -0.25) is 9.69 Å². The Morgan fingerprint density at radius 3 is 2.64 bits per heavy atom. The van der Waals surface area contributed by atoms with E-state index in [-0.39, 0.29) is 12.0 Å². The van der Waals surface area contributed by atoms with Gasteiger partial charge >= 0.3 is 5.97 Å². The third-order valence-corrected chi connectivity index (χ3v) is 7.83. The lowest BCUT2D eigenvalue weighted by molar-refractivity contribution is -0.147. The van der Waals surface area contributed by atoms with Crippen LogP contribution in [0.15, 0.2) is 12.1 Å². The van der Waals surface area contributed by atoms with Crippen molar-refractivity contribution in [2.24, 2.45) is 17.8 Å². The first kappa shape index (κ1) is 24.3. The second-order valence-electron chi connectivity index (χ2n) is 10.6. The lowest BCUT2D eigenvalue weighted by atomic mass is 9.74. The fourth-order valence-electron chi connectivity index (χ4n) is 6.14. The molecule has 6 heteroatoms. The Bertz CT molecular complexity index is 806. The molecule has 2 fully saturated rings. The molecule has 1 N–H and O–H groups in total. The van der Waals surface area contributed by atoms with Gasteiger partial charge in [0.05, 0.1) is 27.2 Å². The van der Waals surface area contributed by atoms with Crippen molar-refractivity contribution in [1.82, 2.24) is 10.2 Å². The van der Waals surface area contributed by atoms with E-state index >= 15 is 0 Å². The number of carbonyl (C=O) groups is 1. The minimum absolute atomic E-state index is 0.0458. The minimum atomic E-state index is -0.0458. The van der Waals surface area contributed by atoms with Crippen LogP contribution in [0.25, 0.3) is 0 Å². The minimum Gasteiger partial charge on any atom is -0.493 e. The van der Waals surface area contributed by atoms with Crippen LogP contribution in [-0.2, 0) is 16.0 Å². The van der Waals surface area contributed by atoms with E-state index in [1.54, 1.807) is 14.2 Å². The molecule has 0 saturated carbocycles. The molecule has 2 saturated heterocycles. The summed E-state index contributed by atoms with van der Waals surface area (Å²) in [6.07, 6.45) is 7.22. The van der Waals surface area contributed by atoms with Gasteiger partial charge in [-0.25, -0.2) is 0 Å². The molecule has 184 valence electrons. The first-order valence-corrected chi connectivity index (χ1v) is 12.9. The number of nitrogens with one attached hydrogen (secondary N) is 1. The molecule has 3 aliphatic heterocycles. The third-order valence-electron chi connectivity index (χ3n) is 7.83. The van der Waals surface area contributed by atoms with Crippen molar-refractivity contribution in [2.45, 2.75) is 70.9 Å². The Balaban J connectivity index is 1.47. The highest BCUT2D eigenvalue weighted by Gasteiger charge is 2.40. The van der Waals surface area contributed by atoms with Crippen LogP contribution in [0.5, 0.6) is 11.5 Å². The zero-order valence-electron chi connectivity index (χ0n) is 20.9. The van der Waals surface area contributed by atoms with Gasteiger partial charge in [-0.05, 0) is 79.7 Å². The Kier molecular flexibility index (Phi) is 8.18. The van der Waals surface area contributed by atoms with Crippen LogP contribution in [0.1, 0.15) is 69.5 Å². The van der Waals surface area contributed by atoms with Crippen molar-refractivity contribution < 1.29 is 19.0 Å². The first-order valence-electron chi connectivity index (χ1n) is 12.9. The number of carbonyl (C=O) groups excluding carboxylic acids is 1. The number of nitrogens with zero attached hydrogens (tertiary/aromatic N) is 1. The van der Waals surface area contributed by atoms with Gasteiger partial charge in [-0.2, -0.15) is 0 Å². The van der Waals surface area contributed by atoms with E-state index in [0.717, 1.165) is 50.4 Å². The van der Waals surface area contributed by atoms with Gasteiger partial charge in [0.1, 0.15) is 0 Å². The van der Waals surface area contributed by atoms with Gasteiger partial charge in [-0.15, -0.1) is 0 Å². The fraction of sp³-hybridized carbons (Fsp3) is 0.741. The van der Waals surface area contributed by atoms with Crippen molar-refractivity contribution in [3.8, 4) is 11.5 Å². The summed E-state index contributed by atoms with van der Waals surface area (Å²) in [5, 5.41) is 3.46. The molecule has 0 amide bonds. The average Bonchev–Trinajstić information content (AvgIpc) is 2.82. The lowest BCUT2D eigenvalue weighted by Crippen LogP contribution is -2.47. The number of esters is 1. The van der Waals surface area contributed by atoms with Crippen molar-refractivity contribution in [3.63, 3.8) is 0 Å². The van der Waals surface area contributed by atoms with Gasteiger partial charge in [0.15, 0.2) is 11.5 Å². The second kappa shape index (κ2) is 11.1. The molecule has 1 aromatic rings. The topological polar surface area (TPSA) is 60.0 Å². The molecule has 0 aliphatic carbocycles. The maximum atomic E-state index is 12.6. The third kappa shape index (κ3) is 5.83.